The molecule has 0 unspecified atom stereocenters. The lowest BCUT2D eigenvalue weighted by Crippen LogP contribution is -2.09. The van der Waals surface area contributed by atoms with Crippen molar-refractivity contribution in [2.45, 2.75) is 32.1 Å². The summed E-state index contributed by atoms with van der Waals surface area (Å²) in [5, 5.41) is 5.44. The Morgan fingerprint density at radius 3 is 2.79 bits per heavy atom. The molecule has 0 spiro atoms. The summed E-state index contributed by atoms with van der Waals surface area (Å²) in [4.78, 5) is 19.4. The van der Waals surface area contributed by atoms with Gasteiger partial charge in [0.25, 0.3) is 5.91 Å². The van der Waals surface area contributed by atoms with E-state index in [2.05, 4.69) is 16.4 Å². The molecule has 5 nitrogen and oxygen atoms in total. The van der Waals surface area contributed by atoms with E-state index in [0.717, 1.165) is 34.7 Å². The topological polar surface area (TPSA) is 60.5 Å². The van der Waals surface area contributed by atoms with Crippen LogP contribution in [0.15, 0.2) is 29.6 Å². The number of carbonyl (C=O) groups is 1. The number of methoxy groups -OCH3 is 2. The van der Waals surface area contributed by atoms with E-state index in [-0.39, 0.29) is 5.91 Å². The third-order valence-electron chi connectivity index (χ3n) is 4.88. The number of nitrogens with zero attached hydrogens (tertiary/aromatic N) is 1. The maximum Gasteiger partial charge on any atom is 0.267 e. The monoisotopic (exact) mass is 414 g/mol. The van der Waals surface area contributed by atoms with Gasteiger partial charge in [-0.15, -0.1) is 22.7 Å². The van der Waals surface area contributed by atoms with Crippen LogP contribution in [0.3, 0.4) is 0 Å². The van der Waals surface area contributed by atoms with Gasteiger partial charge in [0.2, 0.25) is 0 Å². The molecule has 1 aliphatic rings. The predicted octanol–water partition coefficient (Wildman–Crippen LogP) is 5.41. The highest BCUT2D eigenvalue weighted by Gasteiger charge is 2.18. The van der Waals surface area contributed by atoms with Gasteiger partial charge in [-0.05, 0) is 55.5 Å². The molecule has 0 saturated heterocycles. The van der Waals surface area contributed by atoms with Gasteiger partial charge in [-0.2, -0.15) is 0 Å². The van der Waals surface area contributed by atoms with E-state index in [0.29, 0.717) is 10.9 Å². The van der Waals surface area contributed by atoms with Crippen molar-refractivity contribution in [1.29, 1.82) is 0 Å². The summed E-state index contributed by atoms with van der Waals surface area (Å²) in [5.74, 6) is 1.36. The second-order valence-corrected chi connectivity index (χ2v) is 8.67. The van der Waals surface area contributed by atoms with Gasteiger partial charge in [-0.1, -0.05) is 6.42 Å². The van der Waals surface area contributed by atoms with E-state index in [9.17, 15) is 4.79 Å². The Hall–Kier alpha value is -2.38. The molecule has 0 fully saturated rings. The fourth-order valence-electron chi connectivity index (χ4n) is 3.41. The average molecular weight is 415 g/mol. The van der Waals surface area contributed by atoms with Crippen molar-refractivity contribution < 1.29 is 14.3 Å². The van der Waals surface area contributed by atoms with E-state index in [1.54, 1.807) is 25.6 Å². The van der Waals surface area contributed by atoms with Crippen molar-refractivity contribution in [2.75, 3.05) is 19.5 Å². The highest BCUT2D eigenvalue weighted by molar-refractivity contribution is 7.15. The number of aryl methyl sites for hydroxylation is 2. The van der Waals surface area contributed by atoms with E-state index >= 15 is 0 Å². The quantitative estimate of drug-likeness (QED) is 0.567. The van der Waals surface area contributed by atoms with E-state index in [1.807, 2.05) is 23.6 Å². The smallest absolute Gasteiger partial charge is 0.267 e. The zero-order chi connectivity index (χ0) is 19.5. The highest BCUT2D eigenvalue weighted by Crippen LogP contribution is 2.35. The molecule has 0 aliphatic heterocycles. The standard InChI is InChI=1S/C21H22N2O3S2/c1-25-14-8-9-17(26-2)15(11-14)16-12-27-21(22-16)23-20(24)19-10-13-6-4-3-5-7-18(13)28-19/h8-12H,3-7H2,1-2H3,(H,22,23,24). The van der Waals surface area contributed by atoms with Crippen molar-refractivity contribution >= 4 is 33.7 Å². The summed E-state index contributed by atoms with van der Waals surface area (Å²) < 4.78 is 10.7. The van der Waals surface area contributed by atoms with Gasteiger partial charge in [0.05, 0.1) is 24.8 Å². The van der Waals surface area contributed by atoms with Gasteiger partial charge in [-0.25, -0.2) is 4.98 Å². The Kier molecular flexibility index (Phi) is 5.64. The molecule has 2 heterocycles. The second kappa shape index (κ2) is 8.32. The molecule has 1 aliphatic carbocycles. The van der Waals surface area contributed by atoms with Gasteiger partial charge in [0.1, 0.15) is 11.5 Å². The van der Waals surface area contributed by atoms with Crippen molar-refractivity contribution in [1.82, 2.24) is 4.98 Å². The largest absolute Gasteiger partial charge is 0.497 e. The van der Waals surface area contributed by atoms with Gasteiger partial charge in [-0.3, -0.25) is 10.1 Å². The fraction of sp³-hybridized carbons (Fsp3) is 0.333. The minimum atomic E-state index is -0.0865. The molecule has 0 saturated carbocycles. The number of benzene rings is 1. The first-order chi connectivity index (χ1) is 13.7. The molecule has 146 valence electrons. The number of ether oxygens (including phenoxy) is 2. The minimum Gasteiger partial charge on any atom is -0.497 e. The summed E-state index contributed by atoms with van der Waals surface area (Å²) in [5.41, 5.74) is 2.92. The Bertz CT molecular complexity index is 970. The maximum absolute atomic E-state index is 12.7. The number of hydrogen-bond donors (Lipinski definition) is 1. The lowest BCUT2D eigenvalue weighted by molar-refractivity contribution is 0.103. The zero-order valence-corrected chi connectivity index (χ0v) is 17.5. The first kappa shape index (κ1) is 19.0. The van der Waals surface area contributed by atoms with Gasteiger partial charge in [0.15, 0.2) is 5.13 Å². The van der Waals surface area contributed by atoms with Crippen LogP contribution in [0.2, 0.25) is 0 Å². The van der Waals surface area contributed by atoms with Crippen LogP contribution >= 0.6 is 22.7 Å². The summed E-state index contributed by atoms with van der Waals surface area (Å²) >= 11 is 3.02. The van der Waals surface area contributed by atoms with Crippen LogP contribution in [0.25, 0.3) is 11.3 Å². The molecule has 0 radical (unpaired) electrons. The molecule has 2 aromatic heterocycles. The zero-order valence-electron chi connectivity index (χ0n) is 15.9. The molecule has 4 rings (SSSR count). The van der Waals surface area contributed by atoms with Crippen LogP contribution in [-0.2, 0) is 12.8 Å². The molecule has 0 bridgehead atoms. The number of hydrogen-bond acceptors (Lipinski definition) is 6. The third kappa shape index (κ3) is 3.91. The average Bonchev–Trinajstić information content (AvgIpc) is 3.29. The van der Waals surface area contributed by atoms with Crippen molar-refractivity contribution in [3.8, 4) is 22.8 Å². The van der Waals surface area contributed by atoms with Crippen LogP contribution in [0.4, 0.5) is 5.13 Å². The molecule has 1 amide bonds. The van der Waals surface area contributed by atoms with Crippen LogP contribution in [-0.4, -0.2) is 25.1 Å². The number of thiophene rings is 1. The van der Waals surface area contributed by atoms with Gasteiger partial charge in [0, 0.05) is 15.8 Å². The second-order valence-electron chi connectivity index (χ2n) is 6.68. The number of fused-ring (bicyclic) bond motifs is 1. The number of carbonyl (C=O) groups excluding carboxylic acids is 1. The Morgan fingerprint density at radius 1 is 1.11 bits per heavy atom. The molecule has 28 heavy (non-hydrogen) atoms. The van der Waals surface area contributed by atoms with Gasteiger partial charge >= 0.3 is 0 Å². The Balaban J connectivity index is 1.53. The maximum atomic E-state index is 12.7. The normalized spacial score (nSPS) is 13.5. The number of thiazole rings is 1. The first-order valence-electron chi connectivity index (χ1n) is 9.29. The SMILES string of the molecule is COc1ccc(OC)c(-c2csc(NC(=O)c3cc4c(s3)CCCCC4)n2)c1. The Morgan fingerprint density at radius 2 is 1.96 bits per heavy atom. The van der Waals surface area contributed by atoms with Crippen LogP contribution < -0.4 is 14.8 Å². The molecule has 3 aromatic rings. The molecule has 1 aromatic carbocycles. The molecule has 0 atom stereocenters. The van der Waals surface area contributed by atoms with Crippen LogP contribution in [0.1, 0.15) is 39.4 Å². The van der Waals surface area contributed by atoms with E-state index in [4.69, 9.17) is 9.47 Å². The van der Waals surface area contributed by atoms with Crippen LogP contribution in [0.5, 0.6) is 11.5 Å². The number of rotatable bonds is 5. The summed E-state index contributed by atoms with van der Waals surface area (Å²) in [6, 6.07) is 7.64. The molecular weight excluding hydrogens is 392 g/mol. The number of anilines is 1. The Labute approximate surface area is 172 Å². The third-order valence-corrected chi connectivity index (χ3v) is 6.87. The first-order valence-corrected chi connectivity index (χ1v) is 11.0. The predicted molar refractivity (Wildman–Crippen MR) is 114 cm³/mol. The van der Waals surface area contributed by atoms with E-state index in [1.165, 1.54) is 41.0 Å². The fourth-order valence-corrected chi connectivity index (χ4v) is 5.26. The number of amides is 1. The lowest BCUT2D eigenvalue weighted by Gasteiger charge is -2.08. The minimum absolute atomic E-state index is 0.0865. The molecular formula is C21H22N2O3S2. The molecule has 1 N–H and O–H groups in total. The van der Waals surface area contributed by atoms with Crippen molar-refractivity contribution in [2.24, 2.45) is 0 Å². The number of nitrogens with one attached hydrogen (secondary N) is 1. The summed E-state index contributed by atoms with van der Waals surface area (Å²) in [7, 11) is 3.25. The summed E-state index contributed by atoms with van der Waals surface area (Å²) in [6.07, 6.45) is 5.87. The van der Waals surface area contributed by atoms with Crippen molar-refractivity contribution in [3.63, 3.8) is 0 Å². The van der Waals surface area contributed by atoms with Crippen LogP contribution in [0, 0.1) is 0 Å². The van der Waals surface area contributed by atoms with Gasteiger partial charge < -0.3 is 9.47 Å². The number of aromatic nitrogens is 1. The molecule has 7 heteroatoms. The van der Waals surface area contributed by atoms with E-state index < -0.39 is 0 Å². The summed E-state index contributed by atoms with van der Waals surface area (Å²) in [6.45, 7) is 0. The van der Waals surface area contributed by atoms with Crippen molar-refractivity contribution in [3.05, 3.63) is 45.0 Å². The highest BCUT2D eigenvalue weighted by atomic mass is 32.1. The lowest BCUT2D eigenvalue weighted by atomic mass is 10.1.